The first-order valence-corrected chi connectivity index (χ1v) is 6.50. The molecule has 0 unspecified atom stereocenters. The second-order valence-electron chi connectivity index (χ2n) is 4.63. The molecule has 1 aromatic heterocycles. The summed E-state index contributed by atoms with van der Waals surface area (Å²) in [6.07, 6.45) is -3.72. The van der Waals surface area contributed by atoms with E-state index in [9.17, 15) is 18.0 Å². The minimum atomic E-state index is -4.76. The van der Waals surface area contributed by atoms with Crippen molar-refractivity contribution in [2.75, 3.05) is 20.0 Å². The number of hydrogen-bond acceptors (Lipinski definition) is 5. The zero-order chi connectivity index (χ0) is 18.1. The molecule has 126 valence electrons. The summed E-state index contributed by atoms with van der Waals surface area (Å²) >= 11 is 0. The average molecular weight is 339 g/mol. The number of nitrogen functional groups attached to an aromatic ring is 1. The summed E-state index contributed by atoms with van der Waals surface area (Å²) in [5.74, 6) is -1.40. The van der Waals surface area contributed by atoms with E-state index in [0.29, 0.717) is 0 Å². The largest absolute Gasteiger partial charge is 0.496 e. The molecule has 2 N–H and O–H groups in total. The van der Waals surface area contributed by atoms with E-state index in [1.807, 2.05) is 0 Å². The first-order valence-electron chi connectivity index (χ1n) is 6.50. The molecular weight excluding hydrogens is 327 g/mol. The molecule has 0 aliphatic rings. The first-order chi connectivity index (χ1) is 11.3. The molecule has 0 amide bonds. The summed E-state index contributed by atoms with van der Waals surface area (Å²) in [4.78, 5) is 11.9. The van der Waals surface area contributed by atoms with Gasteiger partial charge in [0.15, 0.2) is 5.69 Å². The monoisotopic (exact) mass is 339 g/mol. The van der Waals surface area contributed by atoms with Crippen molar-refractivity contribution in [3.63, 3.8) is 0 Å². The number of methoxy groups -OCH3 is 2. The molecule has 0 atom stereocenters. The van der Waals surface area contributed by atoms with Crippen molar-refractivity contribution < 1.29 is 27.4 Å². The molecule has 0 aliphatic carbocycles. The molecule has 0 saturated heterocycles. The minimum Gasteiger partial charge on any atom is -0.496 e. The van der Waals surface area contributed by atoms with Crippen molar-refractivity contribution in [2.24, 2.45) is 0 Å². The van der Waals surface area contributed by atoms with E-state index in [0.717, 1.165) is 37.1 Å². The molecule has 0 spiro atoms. The molecule has 1 heterocycles. The lowest BCUT2D eigenvalue weighted by Crippen LogP contribution is -2.16. The highest BCUT2D eigenvalue weighted by atomic mass is 19.4. The van der Waals surface area contributed by atoms with Crippen LogP contribution in [0.25, 0.3) is 5.69 Å². The second kappa shape index (κ2) is 6.16. The molecule has 2 aromatic rings. The molecule has 1 aromatic carbocycles. The topological polar surface area (TPSA) is 90.3 Å². The summed E-state index contributed by atoms with van der Waals surface area (Å²) in [6.45, 7) is 0. The van der Waals surface area contributed by atoms with Crippen LogP contribution in [0, 0.1) is 11.3 Å². The third-order valence-electron chi connectivity index (χ3n) is 3.31. The fourth-order valence-electron chi connectivity index (χ4n) is 2.28. The number of nitrogens with zero attached hydrogens (tertiary/aromatic N) is 2. The number of anilines is 1. The Morgan fingerprint density at radius 3 is 2.50 bits per heavy atom. The molecule has 6 nitrogen and oxygen atoms in total. The van der Waals surface area contributed by atoms with Crippen molar-refractivity contribution in [3.05, 3.63) is 41.2 Å². The standard InChI is InChI=1S/C15H12F3N3O3/c1-23-10-5-3-4-9(11(10)15(16,17)18)21-7-8(6-19)12(20)13(21)14(22)24-2/h3-5,7H,20H2,1-2H3. The van der Waals surface area contributed by atoms with Gasteiger partial charge in [-0.2, -0.15) is 18.4 Å². The number of esters is 1. The summed E-state index contributed by atoms with van der Waals surface area (Å²) in [5, 5.41) is 9.05. The maximum Gasteiger partial charge on any atom is 0.421 e. The molecular formula is C15H12F3N3O3. The lowest BCUT2D eigenvalue weighted by atomic mass is 10.1. The van der Waals surface area contributed by atoms with Gasteiger partial charge >= 0.3 is 12.1 Å². The van der Waals surface area contributed by atoms with Crippen LogP contribution >= 0.6 is 0 Å². The number of alkyl halides is 3. The number of nitrogens with two attached hydrogens (primary N) is 1. The normalized spacial score (nSPS) is 11.0. The van der Waals surface area contributed by atoms with Gasteiger partial charge in [0.25, 0.3) is 0 Å². The van der Waals surface area contributed by atoms with Gasteiger partial charge in [0.1, 0.15) is 17.4 Å². The molecule has 0 fully saturated rings. The summed E-state index contributed by atoms with van der Waals surface area (Å²) in [5.41, 5.74) is 3.42. The van der Waals surface area contributed by atoms with Crippen LogP contribution in [-0.4, -0.2) is 24.8 Å². The SMILES string of the molecule is COC(=O)c1c(N)c(C#N)cn1-c1cccc(OC)c1C(F)(F)F. The Hall–Kier alpha value is -3.15. The van der Waals surface area contributed by atoms with Gasteiger partial charge in [-0.1, -0.05) is 6.07 Å². The first kappa shape index (κ1) is 17.2. The summed E-state index contributed by atoms with van der Waals surface area (Å²) in [7, 11) is 2.15. The van der Waals surface area contributed by atoms with Crippen LogP contribution < -0.4 is 10.5 Å². The van der Waals surface area contributed by atoms with Crippen LogP contribution in [-0.2, 0) is 10.9 Å². The van der Waals surface area contributed by atoms with E-state index in [4.69, 9.17) is 15.7 Å². The number of carbonyl (C=O) groups excluding carboxylic acids is 1. The number of hydrogen-bond donors (Lipinski definition) is 1. The van der Waals surface area contributed by atoms with Gasteiger partial charge in [0.2, 0.25) is 0 Å². The Morgan fingerprint density at radius 2 is 2.00 bits per heavy atom. The predicted molar refractivity (Wildman–Crippen MR) is 77.8 cm³/mol. The number of ether oxygens (including phenoxy) is 2. The highest BCUT2D eigenvalue weighted by Crippen LogP contribution is 2.41. The van der Waals surface area contributed by atoms with E-state index >= 15 is 0 Å². The Morgan fingerprint density at radius 1 is 1.33 bits per heavy atom. The van der Waals surface area contributed by atoms with E-state index in [2.05, 4.69) is 4.74 Å². The Labute approximate surface area is 134 Å². The van der Waals surface area contributed by atoms with Crippen molar-refractivity contribution in [2.45, 2.75) is 6.18 Å². The fourth-order valence-corrected chi connectivity index (χ4v) is 2.28. The van der Waals surface area contributed by atoms with Gasteiger partial charge in [-0.15, -0.1) is 0 Å². The summed E-state index contributed by atoms with van der Waals surface area (Å²) in [6, 6.07) is 5.33. The Kier molecular flexibility index (Phi) is 4.41. The zero-order valence-electron chi connectivity index (χ0n) is 12.6. The second-order valence-corrected chi connectivity index (χ2v) is 4.63. The van der Waals surface area contributed by atoms with Crippen molar-refractivity contribution in [1.82, 2.24) is 4.57 Å². The van der Waals surface area contributed by atoms with Crippen molar-refractivity contribution >= 4 is 11.7 Å². The molecule has 9 heteroatoms. The minimum absolute atomic E-state index is 0.147. The van der Waals surface area contributed by atoms with E-state index < -0.39 is 29.1 Å². The lowest BCUT2D eigenvalue weighted by Gasteiger charge is -2.18. The van der Waals surface area contributed by atoms with E-state index in [-0.39, 0.29) is 16.9 Å². The van der Waals surface area contributed by atoms with Crippen LogP contribution in [0.15, 0.2) is 24.4 Å². The number of aromatic nitrogens is 1. The van der Waals surface area contributed by atoms with Gasteiger partial charge in [-0.25, -0.2) is 4.79 Å². The van der Waals surface area contributed by atoms with Crippen molar-refractivity contribution in [3.8, 4) is 17.5 Å². The fraction of sp³-hybridized carbons (Fsp3) is 0.200. The number of rotatable bonds is 3. The number of nitriles is 1. The van der Waals surface area contributed by atoms with E-state index in [1.54, 1.807) is 6.07 Å². The third-order valence-corrected chi connectivity index (χ3v) is 3.31. The average Bonchev–Trinajstić information content (AvgIpc) is 2.89. The van der Waals surface area contributed by atoms with Crippen LogP contribution in [0.3, 0.4) is 0 Å². The molecule has 0 bridgehead atoms. The predicted octanol–water partition coefficient (Wildman–Crippen LogP) is 2.75. The van der Waals surface area contributed by atoms with Crippen molar-refractivity contribution in [1.29, 1.82) is 5.26 Å². The molecule has 24 heavy (non-hydrogen) atoms. The smallest absolute Gasteiger partial charge is 0.421 e. The maximum absolute atomic E-state index is 13.5. The van der Waals surface area contributed by atoms with Gasteiger partial charge < -0.3 is 19.8 Å². The van der Waals surface area contributed by atoms with Crippen LogP contribution in [0.4, 0.5) is 18.9 Å². The number of halogens is 3. The third kappa shape index (κ3) is 2.74. The van der Waals surface area contributed by atoms with Gasteiger partial charge in [-0.3, -0.25) is 0 Å². The number of carbonyl (C=O) groups is 1. The van der Waals surface area contributed by atoms with Crippen LogP contribution in [0.1, 0.15) is 21.6 Å². The lowest BCUT2D eigenvalue weighted by molar-refractivity contribution is -0.138. The molecule has 0 aliphatic heterocycles. The van der Waals surface area contributed by atoms with E-state index in [1.165, 1.54) is 6.07 Å². The maximum atomic E-state index is 13.5. The molecule has 2 rings (SSSR count). The van der Waals surface area contributed by atoms with Gasteiger partial charge in [0, 0.05) is 6.20 Å². The Balaban J connectivity index is 2.88. The quantitative estimate of drug-likeness (QED) is 0.869. The Bertz CT molecular complexity index is 835. The van der Waals surface area contributed by atoms with Gasteiger partial charge in [0.05, 0.1) is 31.2 Å². The highest BCUT2D eigenvalue weighted by molar-refractivity contribution is 5.96. The zero-order valence-corrected chi connectivity index (χ0v) is 12.6. The molecule has 0 radical (unpaired) electrons. The molecule has 0 saturated carbocycles. The van der Waals surface area contributed by atoms with Gasteiger partial charge in [-0.05, 0) is 12.1 Å². The van der Waals surface area contributed by atoms with Crippen LogP contribution in [0.5, 0.6) is 5.75 Å². The summed E-state index contributed by atoms with van der Waals surface area (Å²) < 4.78 is 50.7. The number of benzene rings is 1. The van der Waals surface area contributed by atoms with Crippen LogP contribution in [0.2, 0.25) is 0 Å². The highest BCUT2D eigenvalue weighted by Gasteiger charge is 2.38.